The fourth-order valence-corrected chi connectivity index (χ4v) is 5.13. The molecule has 0 aliphatic heterocycles. The van der Waals surface area contributed by atoms with Crippen molar-refractivity contribution in [1.29, 1.82) is 0 Å². The normalized spacial score (nSPS) is 12.7. The van der Waals surface area contributed by atoms with Gasteiger partial charge in [0.15, 0.2) is 0 Å². The Bertz CT molecular complexity index is 1690. The summed E-state index contributed by atoms with van der Waals surface area (Å²) in [6, 6.07) is 7.97. The van der Waals surface area contributed by atoms with Crippen molar-refractivity contribution < 1.29 is 10.2 Å². The average molecular weight is 608 g/mol. The van der Waals surface area contributed by atoms with Crippen LogP contribution in [0, 0.1) is 13.8 Å². The summed E-state index contributed by atoms with van der Waals surface area (Å²) >= 11 is 0. The molecule has 234 valence electrons. The number of aliphatic hydroxyl groups is 2. The second-order valence-electron chi connectivity index (χ2n) is 10.7. The van der Waals surface area contributed by atoms with Gasteiger partial charge in [-0.2, -0.15) is 0 Å². The number of aliphatic hydroxyl groups excluding tert-OH is 2. The monoisotopic (exact) mass is 607 g/mol. The molecule has 11 heteroatoms. The van der Waals surface area contributed by atoms with Gasteiger partial charge in [0.25, 0.3) is 0 Å². The number of imidazole rings is 3. The summed E-state index contributed by atoms with van der Waals surface area (Å²) in [7, 11) is 0. The van der Waals surface area contributed by atoms with E-state index < -0.39 is 0 Å². The second kappa shape index (κ2) is 16.2. The number of hydrogen-bond acceptors (Lipinski definition) is 8. The van der Waals surface area contributed by atoms with Crippen LogP contribution in [0.1, 0.15) is 94.8 Å². The van der Waals surface area contributed by atoms with Crippen LogP contribution in [-0.4, -0.2) is 55.1 Å². The van der Waals surface area contributed by atoms with Crippen LogP contribution in [0.15, 0.2) is 86.6 Å². The highest BCUT2D eigenvalue weighted by Crippen LogP contribution is 2.27. The minimum Gasteiger partial charge on any atom is -0.392 e. The zero-order valence-electron chi connectivity index (χ0n) is 26.3. The van der Waals surface area contributed by atoms with Crippen LogP contribution in [0.3, 0.4) is 0 Å². The van der Waals surface area contributed by atoms with E-state index in [4.69, 9.17) is 0 Å². The molecule has 3 unspecified atom stereocenters. The van der Waals surface area contributed by atoms with Gasteiger partial charge in [-0.3, -0.25) is 15.0 Å². The van der Waals surface area contributed by atoms with E-state index >= 15 is 0 Å². The molecular weight excluding hydrogens is 566 g/mol. The highest BCUT2D eigenvalue weighted by Gasteiger charge is 2.16. The Hall–Kier alpha value is -5.00. The second-order valence-corrected chi connectivity index (χ2v) is 10.7. The number of hydrogen-bond donors (Lipinski definition) is 5. The zero-order valence-corrected chi connectivity index (χ0v) is 26.3. The number of nitrogens with one attached hydrogen (secondary N) is 3. The zero-order chi connectivity index (χ0) is 32.2. The molecule has 0 saturated carbocycles. The molecule has 0 fully saturated rings. The molecule has 45 heavy (non-hydrogen) atoms. The largest absolute Gasteiger partial charge is 0.392 e. The molecule has 5 N–H and O–H groups in total. The number of nitrogens with zero attached hydrogens (tertiary/aromatic N) is 6. The van der Waals surface area contributed by atoms with Gasteiger partial charge in [0.1, 0.15) is 0 Å². The Balaban J connectivity index is 0.000000155. The molecular formula is C34H41N9O2. The lowest BCUT2D eigenvalue weighted by atomic mass is 9.93. The molecule has 3 atom stereocenters. The number of aryl methyl sites for hydroxylation is 1. The van der Waals surface area contributed by atoms with Crippen molar-refractivity contribution >= 4 is 0 Å². The SMILES string of the molecule is CC(c1ccncc1)c1cnc[nH]1.Cc1c(C(C)c2cnc[nH]2)ccnc1CO.Cc1nccc(C(C)c2cnc[nH]2)c1CO. The summed E-state index contributed by atoms with van der Waals surface area (Å²) in [5.41, 5.74) is 10.3. The predicted octanol–water partition coefficient (Wildman–Crippen LogP) is 5.47. The lowest BCUT2D eigenvalue weighted by Gasteiger charge is -2.15. The maximum atomic E-state index is 9.38. The number of aromatic nitrogens is 9. The Kier molecular flexibility index (Phi) is 11.8. The van der Waals surface area contributed by atoms with Gasteiger partial charge in [-0.25, -0.2) is 15.0 Å². The summed E-state index contributed by atoms with van der Waals surface area (Å²) in [4.78, 5) is 33.7. The molecule has 11 nitrogen and oxygen atoms in total. The number of H-pyrrole nitrogens is 3. The van der Waals surface area contributed by atoms with E-state index in [2.05, 4.69) is 65.6 Å². The van der Waals surface area contributed by atoms with Crippen molar-refractivity contribution in [2.24, 2.45) is 0 Å². The van der Waals surface area contributed by atoms with Crippen molar-refractivity contribution in [2.75, 3.05) is 0 Å². The Morgan fingerprint density at radius 1 is 0.600 bits per heavy atom. The maximum Gasteiger partial charge on any atom is 0.0921 e. The van der Waals surface area contributed by atoms with Crippen LogP contribution in [0.2, 0.25) is 0 Å². The van der Waals surface area contributed by atoms with Gasteiger partial charge in [0.05, 0.1) is 37.9 Å². The molecule has 0 saturated heterocycles. The fourth-order valence-electron chi connectivity index (χ4n) is 5.13. The van der Waals surface area contributed by atoms with E-state index in [1.54, 1.807) is 31.4 Å². The lowest BCUT2D eigenvalue weighted by Crippen LogP contribution is -2.04. The van der Waals surface area contributed by atoms with Crippen LogP contribution in [0.25, 0.3) is 0 Å². The van der Waals surface area contributed by atoms with Gasteiger partial charge in [-0.05, 0) is 60.4 Å². The highest BCUT2D eigenvalue weighted by molar-refractivity contribution is 5.36. The minimum absolute atomic E-state index is 0.0185. The number of rotatable bonds is 8. The predicted molar refractivity (Wildman–Crippen MR) is 172 cm³/mol. The van der Waals surface area contributed by atoms with Crippen molar-refractivity contribution in [3.8, 4) is 0 Å². The standard InChI is InChI=1S/2C12H15N3O.C10H11N3/c1-8(12-5-13-7-15-12)10-3-4-14-9(2)11(10)6-16;1-8(11-5-13-7-15-11)10-3-4-14-12(6-16)9(10)2;1-8(10-6-12-7-13-10)9-2-4-11-5-3-9/h2*3-5,7-8,16H,6H2,1-2H3,(H,13,15);2-8H,1H3,(H,12,13). The molecule has 6 aromatic heterocycles. The Morgan fingerprint density at radius 2 is 1.11 bits per heavy atom. The Morgan fingerprint density at radius 3 is 1.62 bits per heavy atom. The first-order valence-electron chi connectivity index (χ1n) is 14.8. The number of aromatic amines is 3. The minimum atomic E-state index is -0.0185. The first-order chi connectivity index (χ1) is 21.8. The average Bonchev–Trinajstić information content (AvgIpc) is 3.89. The molecule has 0 amide bonds. The van der Waals surface area contributed by atoms with Gasteiger partial charge in [0.2, 0.25) is 0 Å². The van der Waals surface area contributed by atoms with Crippen LogP contribution in [-0.2, 0) is 13.2 Å². The van der Waals surface area contributed by atoms with Gasteiger partial charge in [0, 0.05) is 89.5 Å². The summed E-state index contributed by atoms with van der Waals surface area (Å²) < 4.78 is 0. The van der Waals surface area contributed by atoms with Crippen LogP contribution < -0.4 is 0 Å². The summed E-state index contributed by atoms with van der Waals surface area (Å²) in [5, 5.41) is 18.6. The number of pyridine rings is 3. The van der Waals surface area contributed by atoms with E-state index in [1.807, 2.05) is 69.1 Å². The summed E-state index contributed by atoms with van der Waals surface area (Å²) in [6.07, 6.45) is 17.7. The molecule has 0 aromatic carbocycles. The van der Waals surface area contributed by atoms with Gasteiger partial charge in [-0.15, -0.1) is 0 Å². The molecule has 6 rings (SSSR count). The van der Waals surface area contributed by atoms with Crippen molar-refractivity contribution in [1.82, 2.24) is 44.9 Å². The highest BCUT2D eigenvalue weighted by atomic mass is 16.3. The van der Waals surface area contributed by atoms with E-state index in [9.17, 15) is 10.2 Å². The smallest absolute Gasteiger partial charge is 0.0921 e. The molecule has 0 radical (unpaired) electrons. The molecule has 0 bridgehead atoms. The molecule has 0 spiro atoms. The summed E-state index contributed by atoms with van der Waals surface area (Å²) in [5.74, 6) is 0.771. The molecule has 0 aliphatic carbocycles. The van der Waals surface area contributed by atoms with Gasteiger partial charge >= 0.3 is 0 Å². The summed E-state index contributed by atoms with van der Waals surface area (Å²) in [6.45, 7) is 10.2. The van der Waals surface area contributed by atoms with Crippen LogP contribution >= 0.6 is 0 Å². The van der Waals surface area contributed by atoms with E-state index in [0.29, 0.717) is 5.92 Å². The van der Waals surface area contributed by atoms with Crippen LogP contribution in [0.5, 0.6) is 0 Å². The van der Waals surface area contributed by atoms with E-state index in [-0.39, 0.29) is 25.0 Å². The van der Waals surface area contributed by atoms with Crippen molar-refractivity contribution in [2.45, 2.75) is 65.6 Å². The van der Waals surface area contributed by atoms with E-state index in [0.717, 1.165) is 45.2 Å². The van der Waals surface area contributed by atoms with Crippen LogP contribution in [0.4, 0.5) is 0 Å². The Labute approximate surface area is 263 Å². The first-order valence-corrected chi connectivity index (χ1v) is 14.8. The topological polar surface area (TPSA) is 165 Å². The molecule has 0 aliphatic rings. The third kappa shape index (κ3) is 8.34. The lowest BCUT2D eigenvalue weighted by molar-refractivity contribution is 0.275. The molecule has 6 heterocycles. The third-order valence-corrected chi connectivity index (χ3v) is 8.06. The van der Waals surface area contributed by atoms with Gasteiger partial charge in [-0.1, -0.05) is 20.8 Å². The molecule has 6 aromatic rings. The first kappa shape index (κ1) is 32.9. The maximum absolute atomic E-state index is 9.38. The van der Waals surface area contributed by atoms with Gasteiger partial charge < -0.3 is 25.2 Å². The van der Waals surface area contributed by atoms with E-state index in [1.165, 1.54) is 11.1 Å². The van der Waals surface area contributed by atoms with Crippen molar-refractivity contribution in [3.63, 3.8) is 0 Å². The fraction of sp³-hybridized carbons (Fsp3) is 0.294. The quantitative estimate of drug-likeness (QED) is 0.152. The van der Waals surface area contributed by atoms with Crippen molar-refractivity contribution in [3.05, 3.63) is 143 Å². The third-order valence-electron chi connectivity index (χ3n) is 8.06.